The molecule has 1 saturated heterocycles. The largest absolute Gasteiger partial charge is 0.444 e. The average Bonchev–Trinajstić information content (AvgIpc) is 3.60. The molecule has 15 heteroatoms. The fourth-order valence-corrected chi connectivity index (χ4v) is 5.83. The molecule has 2 aliphatic rings. The van der Waals surface area contributed by atoms with E-state index in [9.17, 15) is 27.6 Å². The van der Waals surface area contributed by atoms with Crippen LogP contribution in [-0.4, -0.2) is 67.5 Å². The maximum absolute atomic E-state index is 14.0. The summed E-state index contributed by atoms with van der Waals surface area (Å²) >= 11 is 6.10. The van der Waals surface area contributed by atoms with E-state index in [4.69, 9.17) is 21.1 Å². The molecule has 2 aromatic heterocycles. The highest BCUT2D eigenvalue weighted by atomic mass is 35.5. The highest BCUT2D eigenvalue weighted by molar-refractivity contribution is 6.33. The van der Waals surface area contributed by atoms with Gasteiger partial charge in [0.1, 0.15) is 12.1 Å². The molecule has 11 nitrogen and oxygen atoms in total. The number of likely N-dealkylation sites (tertiary alicyclic amines) is 1. The van der Waals surface area contributed by atoms with E-state index in [0.29, 0.717) is 44.0 Å². The lowest BCUT2D eigenvalue weighted by Gasteiger charge is -2.26. The van der Waals surface area contributed by atoms with E-state index in [1.54, 1.807) is 36.3 Å². The average molecular weight is 677 g/mol. The topological polar surface area (TPSA) is 120 Å². The second kappa shape index (κ2) is 13.1. The smallest absolute Gasteiger partial charge is 0.416 e. The first kappa shape index (κ1) is 34.2. The Balaban J connectivity index is 1.56. The van der Waals surface area contributed by atoms with Gasteiger partial charge in [-0.2, -0.15) is 22.7 Å². The summed E-state index contributed by atoms with van der Waals surface area (Å²) in [6.07, 6.45) is -0.125. The molecule has 0 spiro atoms. The number of rotatable bonds is 6. The Bertz CT molecular complexity index is 1840. The summed E-state index contributed by atoms with van der Waals surface area (Å²) in [5.41, 5.74) is 0.321. The van der Waals surface area contributed by atoms with Gasteiger partial charge < -0.3 is 24.3 Å². The van der Waals surface area contributed by atoms with E-state index < -0.39 is 34.9 Å². The first-order chi connectivity index (χ1) is 22.1. The van der Waals surface area contributed by atoms with Gasteiger partial charge in [0.2, 0.25) is 11.7 Å². The van der Waals surface area contributed by atoms with E-state index in [-0.39, 0.29) is 41.2 Å². The number of aromatic nitrogens is 4. The zero-order valence-electron chi connectivity index (χ0n) is 26.7. The van der Waals surface area contributed by atoms with E-state index in [1.807, 2.05) is 19.9 Å². The molecular weight excluding hydrogens is 641 g/mol. The lowest BCUT2D eigenvalue weighted by atomic mass is 10.1. The number of fused-ring (bicyclic) bond motifs is 1. The normalized spacial score (nSPS) is 18.1. The fraction of sp³-hybridized carbons (Fsp3) is 0.469. The number of alkyl halides is 3. The van der Waals surface area contributed by atoms with E-state index in [2.05, 4.69) is 15.4 Å². The summed E-state index contributed by atoms with van der Waals surface area (Å²) < 4.78 is 53.1. The molecule has 1 N–H and O–H groups in total. The molecule has 252 valence electrons. The number of anilines is 1. The number of amides is 2. The van der Waals surface area contributed by atoms with Crippen molar-refractivity contribution in [3.8, 4) is 0 Å². The molecule has 0 aliphatic carbocycles. The van der Waals surface area contributed by atoms with Gasteiger partial charge in [-0.15, -0.1) is 5.10 Å². The number of carbonyl (C=O) groups is 2. The molecule has 3 aromatic rings. The van der Waals surface area contributed by atoms with Gasteiger partial charge in [-0.3, -0.25) is 9.59 Å². The van der Waals surface area contributed by atoms with Gasteiger partial charge >= 0.3 is 12.3 Å². The van der Waals surface area contributed by atoms with E-state index >= 15 is 0 Å². The lowest BCUT2D eigenvalue weighted by molar-refractivity contribution is -0.137. The van der Waals surface area contributed by atoms with Gasteiger partial charge in [-0.05, 0) is 82.4 Å². The van der Waals surface area contributed by atoms with Crippen molar-refractivity contribution in [2.24, 2.45) is 0 Å². The molecule has 4 heterocycles. The Morgan fingerprint density at radius 2 is 1.98 bits per heavy atom. The summed E-state index contributed by atoms with van der Waals surface area (Å²) in [5.74, 6) is -0.158. The van der Waals surface area contributed by atoms with Gasteiger partial charge in [-0.1, -0.05) is 24.6 Å². The van der Waals surface area contributed by atoms with Gasteiger partial charge in [0.05, 0.1) is 35.1 Å². The maximum Gasteiger partial charge on any atom is 0.416 e. The van der Waals surface area contributed by atoms with Crippen molar-refractivity contribution in [1.29, 1.82) is 0 Å². The predicted octanol–water partition coefficient (Wildman–Crippen LogP) is 5.98. The second-order valence-corrected chi connectivity index (χ2v) is 12.9. The molecule has 5 rings (SSSR count). The zero-order chi connectivity index (χ0) is 34.3. The quantitative estimate of drug-likeness (QED) is 0.341. The van der Waals surface area contributed by atoms with E-state index in [1.165, 1.54) is 0 Å². The monoisotopic (exact) mass is 676 g/mol. The molecule has 1 fully saturated rings. The van der Waals surface area contributed by atoms with Crippen molar-refractivity contribution >= 4 is 46.7 Å². The Morgan fingerprint density at radius 3 is 2.60 bits per heavy atom. The van der Waals surface area contributed by atoms with E-state index in [0.717, 1.165) is 33.9 Å². The SMILES string of the molecule is CCc1c(C=C2CC(C)N(C(=O)OC(C)(C)C)C2)c(=O)n2nc(C3=CCOCC3)nc2n1CC(=O)Nc1ccc(C(F)(F)F)cc1Cl. The Kier molecular flexibility index (Phi) is 9.56. The predicted molar refractivity (Wildman–Crippen MR) is 170 cm³/mol. The van der Waals surface area contributed by atoms with Crippen molar-refractivity contribution in [3.63, 3.8) is 0 Å². The minimum atomic E-state index is -4.60. The first-order valence-corrected chi connectivity index (χ1v) is 15.6. The van der Waals surface area contributed by atoms with Crippen LogP contribution in [0, 0.1) is 0 Å². The standard InChI is InChI=1S/C32H36ClF3N6O5/c1-6-25-22(14-19-13-18(2)40(16-19)30(45)47-31(3,4)5)28(44)42-29(38-27(39-42)20-9-11-46-12-10-20)41(25)17-26(43)37-24-8-7-21(15-23(24)33)32(34,35)36/h7-9,14-15,18H,6,10-13,16-17H2,1-5H3,(H,37,43). The summed E-state index contributed by atoms with van der Waals surface area (Å²) in [4.78, 5) is 46.5. The van der Waals surface area contributed by atoms with Crippen LogP contribution in [0.1, 0.15) is 70.1 Å². The van der Waals surface area contributed by atoms with Crippen LogP contribution >= 0.6 is 11.6 Å². The number of carbonyl (C=O) groups excluding carboxylic acids is 2. The molecule has 1 atom stereocenters. The molecule has 47 heavy (non-hydrogen) atoms. The highest BCUT2D eigenvalue weighted by Crippen LogP contribution is 2.34. The number of hydrogen-bond donors (Lipinski definition) is 1. The number of halogens is 4. The van der Waals surface area contributed by atoms with Crippen LogP contribution in [0.25, 0.3) is 17.4 Å². The van der Waals surface area contributed by atoms with Crippen LogP contribution in [0.4, 0.5) is 23.7 Å². The minimum absolute atomic E-state index is 0.00110. The summed E-state index contributed by atoms with van der Waals surface area (Å²) in [6, 6.07) is 2.48. The number of ether oxygens (including phenoxy) is 2. The summed E-state index contributed by atoms with van der Waals surface area (Å²) in [6.45, 7) is 9.83. The van der Waals surface area contributed by atoms with Crippen molar-refractivity contribution in [1.82, 2.24) is 24.1 Å². The molecule has 0 bridgehead atoms. The molecule has 2 amide bonds. The summed E-state index contributed by atoms with van der Waals surface area (Å²) in [5, 5.41) is 6.82. The molecule has 0 saturated carbocycles. The zero-order valence-corrected chi connectivity index (χ0v) is 27.5. The summed E-state index contributed by atoms with van der Waals surface area (Å²) in [7, 11) is 0. The number of benzene rings is 1. The van der Waals surface area contributed by atoms with Crippen LogP contribution in [-0.2, 0) is 33.4 Å². The first-order valence-electron chi connectivity index (χ1n) is 15.2. The molecular formula is C32H36ClF3N6O5. The molecule has 1 aromatic carbocycles. The maximum atomic E-state index is 14.0. The van der Waals surface area contributed by atoms with Crippen LogP contribution in [0.5, 0.6) is 0 Å². The highest BCUT2D eigenvalue weighted by Gasteiger charge is 2.33. The van der Waals surface area contributed by atoms with Crippen LogP contribution in [0.15, 0.2) is 34.6 Å². The number of nitrogens with zero attached hydrogens (tertiary/aromatic N) is 5. The van der Waals surface area contributed by atoms with Gasteiger partial charge in [0.25, 0.3) is 5.56 Å². The minimum Gasteiger partial charge on any atom is -0.444 e. The van der Waals surface area contributed by atoms with Gasteiger partial charge in [-0.25, -0.2) is 4.79 Å². The van der Waals surface area contributed by atoms with Crippen molar-refractivity contribution in [2.45, 2.75) is 78.2 Å². The third-order valence-corrected chi connectivity index (χ3v) is 8.10. The fourth-order valence-electron chi connectivity index (χ4n) is 5.61. The van der Waals surface area contributed by atoms with Crippen molar-refractivity contribution in [2.75, 3.05) is 25.1 Å². The molecule has 1 unspecified atom stereocenters. The van der Waals surface area contributed by atoms with Gasteiger partial charge in [0.15, 0.2) is 5.82 Å². The second-order valence-electron chi connectivity index (χ2n) is 12.5. The number of nitrogens with one attached hydrogen (secondary N) is 1. The van der Waals surface area contributed by atoms with Crippen LogP contribution in [0.3, 0.4) is 0 Å². The lowest BCUT2D eigenvalue weighted by Crippen LogP contribution is -2.38. The molecule has 2 aliphatic heterocycles. The van der Waals surface area contributed by atoms with Crippen molar-refractivity contribution in [3.05, 3.63) is 67.9 Å². The van der Waals surface area contributed by atoms with Crippen LogP contribution in [0.2, 0.25) is 5.02 Å². The Hall–Kier alpha value is -4.17. The third kappa shape index (κ3) is 7.54. The van der Waals surface area contributed by atoms with Crippen molar-refractivity contribution < 1.29 is 32.2 Å². The number of hydrogen-bond acceptors (Lipinski definition) is 7. The third-order valence-electron chi connectivity index (χ3n) is 7.79. The van der Waals surface area contributed by atoms with Crippen LogP contribution < -0.4 is 10.9 Å². The molecule has 0 radical (unpaired) electrons. The Morgan fingerprint density at radius 1 is 1.23 bits per heavy atom. The Labute approximate surface area is 274 Å². The van der Waals surface area contributed by atoms with Gasteiger partial charge in [0, 0.05) is 18.3 Å².